The molecule has 0 N–H and O–H groups in total. The lowest BCUT2D eigenvalue weighted by molar-refractivity contribution is 0.175. The van der Waals surface area contributed by atoms with Crippen LogP contribution in [0.15, 0.2) is 3.92 Å². The Balaban J connectivity index is 2.53. The number of thiazole rings is 1. The topological polar surface area (TPSA) is 16.1 Å². The molecule has 0 radical (unpaired) electrons. The Kier molecular flexibility index (Phi) is 1.82. The average Bonchev–Trinajstić information content (AvgIpc) is 2.38. The maximum absolute atomic E-state index is 4.49. The molecule has 0 aliphatic carbocycles. The van der Waals surface area contributed by atoms with Crippen molar-refractivity contribution in [1.82, 2.24) is 9.88 Å². The minimum absolute atomic E-state index is 0.109. The number of nitrogens with zero attached hydrogens (tertiary/aromatic N) is 2. The third kappa shape index (κ3) is 1.05. The second-order valence-electron chi connectivity index (χ2n) is 3.65. The van der Waals surface area contributed by atoms with Crippen LogP contribution < -0.4 is 0 Å². The number of halogens is 1. The summed E-state index contributed by atoms with van der Waals surface area (Å²) in [6, 6.07) is 0. The van der Waals surface area contributed by atoms with Gasteiger partial charge in [0.1, 0.15) is 0 Å². The van der Waals surface area contributed by atoms with E-state index in [1.54, 1.807) is 11.3 Å². The molecule has 0 amide bonds. The van der Waals surface area contributed by atoms with Gasteiger partial charge in [0.05, 0.1) is 11.2 Å². The molecule has 0 unspecified atom stereocenters. The van der Waals surface area contributed by atoms with E-state index < -0.39 is 0 Å². The summed E-state index contributed by atoms with van der Waals surface area (Å²) in [5.74, 6) is 0. The van der Waals surface area contributed by atoms with Gasteiger partial charge in [0.15, 0.2) is 3.92 Å². The molecular weight excluding hydrogens is 236 g/mol. The van der Waals surface area contributed by atoms with E-state index in [1.807, 2.05) is 0 Å². The van der Waals surface area contributed by atoms with Crippen LogP contribution in [0.25, 0.3) is 0 Å². The van der Waals surface area contributed by atoms with Crippen molar-refractivity contribution < 1.29 is 0 Å². The fourth-order valence-electron chi connectivity index (χ4n) is 1.50. The van der Waals surface area contributed by atoms with Crippen LogP contribution in [0.2, 0.25) is 0 Å². The molecule has 2 heterocycles. The molecule has 0 atom stereocenters. The average molecular weight is 247 g/mol. The Morgan fingerprint density at radius 3 is 2.83 bits per heavy atom. The highest BCUT2D eigenvalue weighted by Gasteiger charge is 2.37. The van der Waals surface area contributed by atoms with E-state index in [0.717, 1.165) is 10.5 Å². The van der Waals surface area contributed by atoms with Crippen molar-refractivity contribution in [3.05, 3.63) is 14.5 Å². The fraction of sp³-hybridized carbons (Fsp3) is 0.625. The Hall–Kier alpha value is 0.0700. The summed E-state index contributed by atoms with van der Waals surface area (Å²) in [6.45, 7) is 5.46. The molecule has 4 heteroatoms. The predicted octanol–water partition coefficient (Wildman–Crippen LogP) is 2.59. The van der Waals surface area contributed by atoms with E-state index in [0.29, 0.717) is 0 Å². The molecule has 2 rings (SSSR count). The molecule has 0 saturated carbocycles. The van der Waals surface area contributed by atoms with Crippen molar-refractivity contribution in [3.8, 4) is 0 Å². The van der Waals surface area contributed by atoms with Gasteiger partial charge >= 0.3 is 0 Å². The zero-order chi connectivity index (χ0) is 8.93. The fourth-order valence-corrected chi connectivity index (χ4v) is 3.26. The maximum Gasteiger partial charge on any atom is 0.159 e. The summed E-state index contributed by atoms with van der Waals surface area (Å²) in [6.07, 6.45) is 0. The van der Waals surface area contributed by atoms with E-state index in [4.69, 9.17) is 0 Å². The van der Waals surface area contributed by atoms with Gasteiger partial charge in [-0.1, -0.05) is 0 Å². The number of fused-ring (bicyclic) bond motifs is 1. The summed E-state index contributed by atoms with van der Waals surface area (Å²) < 4.78 is 1.01. The summed E-state index contributed by atoms with van der Waals surface area (Å²) in [7, 11) is 2.14. The minimum atomic E-state index is 0.109. The van der Waals surface area contributed by atoms with E-state index in [9.17, 15) is 0 Å². The first-order valence-electron chi connectivity index (χ1n) is 3.89. The van der Waals surface area contributed by atoms with E-state index >= 15 is 0 Å². The molecule has 0 bridgehead atoms. The van der Waals surface area contributed by atoms with Crippen molar-refractivity contribution in [1.29, 1.82) is 0 Å². The molecule has 1 aromatic heterocycles. The highest BCUT2D eigenvalue weighted by atomic mass is 79.9. The Labute approximate surface area is 84.7 Å². The molecule has 1 aliphatic rings. The summed E-state index contributed by atoms with van der Waals surface area (Å²) in [5, 5.41) is 0. The lowest BCUT2D eigenvalue weighted by atomic mass is 10.0. The van der Waals surface area contributed by atoms with Crippen LogP contribution >= 0.6 is 27.3 Å². The predicted molar refractivity (Wildman–Crippen MR) is 54.3 cm³/mol. The molecule has 0 saturated heterocycles. The first kappa shape index (κ1) is 8.66. The van der Waals surface area contributed by atoms with Crippen molar-refractivity contribution in [2.75, 3.05) is 7.05 Å². The number of hydrogen-bond donors (Lipinski definition) is 0. The normalized spacial score (nSPS) is 21.3. The van der Waals surface area contributed by atoms with Crippen molar-refractivity contribution in [3.63, 3.8) is 0 Å². The Morgan fingerprint density at radius 2 is 2.25 bits per heavy atom. The van der Waals surface area contributed by atoms with E-state index in [-0.39, 0.29) is 5.54 Å². The zero-order valence-corrected chi connectivity index (χ0v) is 9.79. The molecular formula is C8H11BrN2S. The van der Waals surface area contributed by atoms with Crippen LogP contribution in [0.4, 0.5) is 0 Å². The number of aromatic nitrogens is 1. The largest absolute Gasteiger partial charge is 0.291 e. The lowest BCUT2D eigenvalue weighted by Crippen LogP contribution is -2.32. The molecule has 0 aromatic carbocycles. The molecule has 0 fully saturated rings. The van der Waals surface area contributed by atoms with Crippen LogP contribution in [-0.4, -0.2) is 16.9 Å². The van der Waals surface area contributed by atoms with Crippen LogP contribution in [0, 0.1) is 0 Å². The van der Waals surface area contributed by atoms with E-state index in [1.165, 1.54) is 10.6 Å². The highest BCUT2D eigenvalue weighted by Crippen LogP contribution is 2.40. The van der Waals surface area contributed by atoms with Crippen molar-refractivity contribution >= 4 is 27.3 Å². The molecule has 1 aromatic rings. The third-order valence-corrected chi connectivity index (χ3v) is 4.08. The lowest BCUT2D eigenvalue weighted by Gasteiger charge is -2.27. The van der Waals surface area contributed by atoms with E-state index in [2.05, 4.69) is 46.7 Å². The molecule has 12 heavy (non-hydrogen) atoms. The van der Waals surface area contributed by atoms with Gasteiger partial charge in [-0.3, -0.25) is 4.90 Å². The smallest absolute Gasteiger partial charge is 0.159 e. The van der Waals surface area contributed by atoms with Crippen LogP contribution in [0.1, 0.15) is 24.4 Å². The maximum atomic E-state index is 4.49. The van der Waals surface area contributed by atoms with Gasteiger partial charge in [-0.2, -0.15) is 0 Å². The van der Waals surface area contributed by atoms with Crippen molar-refractivity contribution in [2.45, 2.75) is 25.9 Å². The van der Waals surface area contributed by atoms with Crippen LogP contribution in [0.5, 0.6) is 0 Å². The summed E-state index contributed by atoms with van der Waals surface area (Å²) in [5.41, 5.74) is 1.35. The van der Waals surface area contributed by atoms with Gasteiger partial charge in [-0.25, -0.2) is 4.98 Å². The van der Waals surface area contributed by atoms with Gasteiger partial charge in [0.2, 0.25) is 0 Å². The number of hydrogen-bond acceptors (Lipinski definition) is 3. The van der Waals surface area contributed by atoms with Gasteiger partial charge < -0.3 is 0 Å². The second-order valence-corrected chi connectivity index (χ2v) is 6.01. The Morgan fingerprint density at radius 1 is 1.58 bits per heavy atom. The Bertz CT molecular complexity index is 319. The molecule has 2 nitrogen and oxygen atoms in total. The molecule has 66 valence electrons. The summed E-state index contributed by atoms with van der Waals surface area (Å²) in [4.78, 5) is 8.21. The van der Waals surface area contributed by atoms with Crippen LogP contribution in [0.3, 0.4) is 0 Å². The van der Waals surface area contributed by atoms with Crippen molar-refractivity contribution in [2.24, 2.45) is 0 Å². The number of rotatable bonds is 0. The molecule has 0 spiro atoms. The van der Waals surface area contributed by atoms with Gasteiger partial charge in [-0.15, -0.1) is 11.3 Å². The van der Waals surface area contributed by atoms with Crippen LogP contribution in [-0.2, 0) is 12.1 Å². The second kappa shape index (κ2) is 2.53. The first-order chi connectivity index (χ1) is 5.51. The summed E-state index contributed by atoms with van der Waals surface area (Å²) >= 11 is 5.16. The van der Waals surface area contributed by atoms with Gasteiger partial charge in [0.25, 0.3) is 0 Å². The quantitative estimate of drug-likeness (QED) is 0.700. The minimum Gasteiger partial charge on any atom is -0.291 e. The third-order valence-electron chi connectivity index (χ3n) is 2.59. The first-order valence-corrected chi connectivity index (χ1v) is 5.49. The zero-order valence-electron chi connectivity index (χ0n) is 7.39. The van der Waals surface area contributed by atoms with Gasteiger partial charge in [0, 0.05) is 11.4 Å². The van der Waals surface area contributed by atoms with Gasteiger partial charge in [-0.05, 0) is 36.8 Å². The molecule has 1 aliphatic heterocycles. The SMILES string of the molecule is CN1Cc2sc(Br)nc2C1(C)C. The monoisotopic (exact) mass is 246 g/mol. The standard InChI is InChI=1S/C8H11BrN2S/c1-8(2)6-5(4-11(8)3)12-7(9)10-6/h4H2,1-3H3. The highest BCUT2D eigenvalue weighted by molar-refractivity contribution is 9.11.